The van der Waals surface area contributed by atoms with Crippen molar-refractivity contribution in [3.05, 3.63) is 23.8 Å². The molecule has 2 nitrogen and oxygen atoms in total. The van der Waals surface area contributed by atoms with Gasteiger partial charge in [0.2, 0.25) is 0 Å². The van der Waals surface area contributed by atoms with Crippen LogP contribution in [0.3, 0.4) is 0 Å². The summed E-state index contributed by atoms with van der Waals surface area (Å²) in [7, 11) is 0. The van der Waals surface area contributed by atoms with Crippen LogP contribution >= 0.6 is 11.3 Å². The third kappa shape index (κ3) is 1.02. The maximum Gasteiger partial charge on any atom is 0.0868 e. The predicted molar refractivity (Wildman–Crippen MR) is 55.4 cm³/mol. The molecule has 0 radical (unpaired) electrons. The van der Waals surface area contributed by atoms with E-state index >= 15 is 0 Å². The van der Waals surface area contributed by atoms with Crippen LogP contribution in [0.2, 0.25) is 0 Å². The quantitative estimate of drug-likeness (QED) is 0.608. The number of benzene rings is 1. The van der Waals surface area contributed by atoms with E-state index in [1.165, 1.54) is 10.3 Å². The highest BCUT2D eigenvalue weighted by molar-refractivity contribution is 7.22. The smallest absolute Gasteiger partial charge is 0.0868 e. The minimum absolute atomic E-state index is 0.804. The summed E-state index contributed by atoms with van der Waals surface area (Å²) < 4.78 is 1.24. The fraction of sp³-hybridized carbons (Fsp3) is 0.111. The van der Waals surface area contributed by atoms with E-state index in [1.54, 1.807) is 11.3 Å². The Morgan fingerprint density at radius 3 is 2.67 bits per heavy atom. The molecule has 0 bridgehead atoms. The third-order valence-electron chi connectivity index (χ3n) is 1.84. The second-order valence-electron chi connectivity index (χ2n) is 2.90. The lowest BCUT2D eigenvalue weighted by molar-refractivity contribution is 1.56. The Bertz CT molecular complexity index is 431. The zero-order valence-corrected chi connectivity index (χ0v) is 7.61. The average molecular weight is 178 g/mol. The Hall–Kier alpha value is -1.22. The van der Waals surface area contributed by atoms with Gasteiger partial charge in [0.1, 0.15) is 0 Å². The number of thiophene rings is 1. The van der Waals surface area contributed by atoms with E-state index in [9.17, 15) is 0 Å². The van der Waals surface area contributed by atoms with E-state index in [1.807, 2.05) is 18.2 Å². The van der Waals surface area contributed by atoms with E-state index in [0.717, 1.165) is 16.1 Å². The van der Waals surface area contributed by atoms with Gasteiger partial charge in [-0.15, -0.1) is 11.3 Å². The normalized spacial score (nSPS) is 10.8. The van der Waals surface area contributed by atoms with Crippen molar-refractivity contribution in [2.45, 2.75) is 6.92 Å². The predicted octanol–water partition coefficient (Wildman–Crippen LogP) is 2.37. The number of rotatable bonds is 0. The maximum atomic E-state index is 5.70. The van der Waals surface area contributed by atoms with Crippen LogP contribution in [0.4, 0.5) is 10.7 Å². The first-order chi connectivity index (χ1) is 5.66. The summed E-state index contributed by atoms with van der Waals surface area (Å²) >= 11 is 1.61. The standard InChI is InChI=1S/C9H10N2S/c1-5-2-7(10)3-6-4-8(11)12-9(5)6/h2-4H,10-11H2,1H3. The summed E-state index contributed by atoms with van der Waals surface area (Å²) in [5.74, 6) is 0. The van der Waals surface area contributed by atoms with Gasteiger partial charge in [0.05, 0.1) is 5.00 Å². The molecule has 0 saturated heterocycles. The zero-order valence-electron chi connectivity index (χ0n) is 6.79. The molecular formula is C9H10N2S. The molecule has 0 aliphatic carbocycles. The lowest BCUT2D eigenvalue weighted by Crippen LogP contribution is -1.84. The molecule has 0 aliphatic rings. The summed E-state index contributed by atoms with van der Waals surface area (Å²) in [4.78, 5) is 0. The van der Waals surface area contributed by atoms with Crippen LogP contribution in [0.25, 0.3) is 10.1 Å². The van der Waals surface area contributed by atoms with Crippen LogP contribution in [0, 0.1) is 6.92 Å². The molecule has 1 heterocycles. The van der Waals surface area contributed by atoms with Crippen molar-refractivity contribution in [3.8, 4) is 0 Å². The Morgan fingerprint density at radius 1 is 1.17 bits per heavy atom. The van der Waals surface area contributed by atoms with Gasteiger partial charge in [-0.1, -0.05) is 0 Å². The van der Waals surface area contributed by atoms with Crippen LogP contribution in [-0.2, 0) is 0 Å². The minimum atomic E-state index is 0.804. The highest BCUT2D eigenvalue weighted by atomic mass is 32.1. The summed E-state index contributed by atoms with van der Waals surface area (Å²) in [6, 6.07) is 5.89. The average Bonchev–Trinajstić information content (AvgIpc) is 2.29. The van der Waals surface area contributed by atoms with Gasteiger partial charge in [0, 0.05) is 10.4 Å². The van der Waals surface area contributed by atoms with Gasteiger partial charge in [-0.2, -0.15) is 0 Å². The molecule has 12 heavy (non-hydrogen) atoms. The zero-order chi connectivity index (χ0) is 8.72. The number of nitrogen functional groups attached to an aromatic ring is 2. The highest BCUT2D eigenvalue weighted by Crippen LogP contribution is 2.31. The topological polar surface area (TPSA) is 52.0 Å². The largest absolute Gasteiger partial charge is 0.399 e. The maximum absolute atomic E-state index is 5.70. The first-order valence-corrected chi connectivity index (χ1v) is 4.53. The first-order valence-electron chi connectivity index (χ1n) is 3.72. The molecule has 4 N–H and O–H groups in total. The van der Waals surface area contributed by atoms with E-state index in [4.69, 9.17) is 11.5 Å². The van der Waals surface area contributed by atoms with Crippen molar-refractivity contribution in [3.63, 3.8) is 0 Å². The molecule has 2 aromatic rings. The minimum Gasteiger partial charge on any atom is -0.399 e. The Morgan fingerprint density at radius 2 is 1.92 bits per heavy atom. The van der Waals surface area contributed by atoms with Crippen LogP contribution in [-0.4, -0.2) is 0 Å². The molecule has 0 unspecified atom stereocenters. The van der Waals surface area contributed by atoms with Gasteiger partial charge < -0.3 is 11.5 Å². The Kier molecular flexibility index (Phi) is 1.48. The molecule has 0 atom stereocenters. The number of fused-ring (bicyclic) bond motifs is 1. The van der Waals surface area contributed by atoms with E-state index < -0.39 is 0 Å². The van der Waals surface area contributed by atoms with Gasteiger partial charge in [0.15, 0.2) is 0 Å². The lowest BCUT2D eigenvalue weighted by atomic mass is 10.1. The Balaban J connectivity index is 2.88. The SMILES string of the molecule is Cc1cc(N)cc2cc(N)sc12. The summed E-state index contributed by atoms with van der Waals surface area (Å²) in [6.07, 6.45) is 0. The number of anilines is 2. The fourth-order valence-electron chi connectivity index (χ4n) is 1.38. The molecule has 0 saturated carbocycles. The molecule has 2 rings (SSSR count). The molecule has 0 amide bonds. The van der Waals surface area contributed by atoms with Crippen molar-refractivity contribution in [2.75, 3.05) is 11.5 Å². The summed E-state index contributed by atoms with van der Waals surface area (Å²) in [5, 5.41) is 1.99. The van der Waals surface area contributed by atoms with Crippen molar-refractivity contribution < 1.29 is 0 Å². The number of nitrogens with two attached hydrogens (primary N) is 2. The first kappa shape index (κ1) is 7.43. The molecule has 0 fully saturated rings. The second kappa shape index (κ2) is 2.38. The Labute approximate surface area is 74.8 Å². The van der Waals surface area contributed by atoms with Gasteiger partial charge in [-0.3, -0.25) is 0 Å². The molecule has 0 spiro atoms. The number of hydrogen-bond donors (Lipinski definition) is 2. The molecule has 0 aliphatic heterocycles. The number of hydrogen-bond acceptors (Lipinski definition) is 3. The van der Waals surface area contributed by atoms with Crippen LogP contribution < -0.4 is 11.5 Å². The van der Waals surface area contributed by atoms with Gasteiger partial charge >= 0.3 is 0 Å². The monoisotopic (exact) mass is 178 g/mol. The molecular weight excluding hydrogens is 168 g/mol. The van der Waals surface area contributed by atoms with Crippen molar-refractivity contribution in [2.24, 2.45) is 0 Å². The summed E-state index contributed by atoms with van der Waals surface area (Å²) in [5.41, 5.74) is 13.4. The van der Waals surface area contributed by atoms with Crippen molar-refractivity contribution >= 4 is 32.1 Å². The highest BCUT2D eigenvalue weighted by Gasteiger charge is 2.02. The van der Waals surface area contributed by atoms with Gasteiger partial charge in [0.25, 0.3) is 0 Å². The van der Waals surface area contributed by atoms with E-state index in [-0.39, 0.29) is 0 Å². The van der Waals surface area contributed by atoms with Crippen LogP contribution in [0.5, 0.6) is 0 Å². The van der Waals surface area contributed by atoms with Gasteiger partial charge in [-0.25, -0.2) is 0 Å². The molecule has 62 valence electrons. The van der Waals surface area contributed by atoms with Crippen LogP contribution in [0.1, 0.15) is 5.56 Å². The van der Waals surface area contributed by atoms with Crippen molar-refractivity contribution in [1.29, 1.82) is 0 Å². The lowest BCUT2D eigenvalue weighted by Gasteiger charge is -1.97. The summed E-state index contributed by atoms with van der Waals surface area (Å²) in [6.45, 7) is 2.05. The second-order valence-corrected chi connectivity index (χ2v) is 3.99. The fourth-order valence-corrected chi connectivity index (χ4v) is 2.25. The number of aryl methyl sites for hydroxylation is 1. The van der Waals surface area contributed by atoms with Crippen molar-refractivity contribution in [1.82, 2.24) is 0 Å². The van der Waals surface area contributed by atoms with E-state index in [2.05, 4.69) is 6.92 Å². The third-order valence-corrected chi connectivity index (χ3v) is 2.96. The molecule has 1 aromatic heterocycles. The van der Waals surface area contributed by atoms with Gasteiger partial charge in [-0.05, 0) is 36.1 Å². The molecule has 3 heteroatoms. The molecule has 1 aromatic carbocycles. The van der Waals surface area contributed by atoms with Crippen LogP contribution in [0.15, 0.2) is 18.2 Å². The van der Waals surface area contributed by atoms with E-state index in [0.29, 0.717) is 0 Å².